The highest BCUT2D eigenvalue weighted by atomic mass is 16.6. The number of allylic oxidation sites excluding steroid dienone is 18. The molecule has 0 rings (SSSR count). The van der Waals surface area contributed by atoms with Gasteiger partial charge in [-0.3, -0.25) is 14.4 Å². The molecule has 6 nitrogen and oxygen atoms in total. The zero-order valence-electron chi connectivity index (χ0n) is 41.3. The number of rotatable bonds is 45. The zero-order chi connectivity index (χ0) is 46.5. The molecule has 0 aromatic heterocycles. The van der Waals surface area contributed by atoms with Crippen LogP contribution in [-0.4, -0.2) is 37.2 Å². The molecule has 6 heteroatoms. The van der Waals surface area contributed by atoms with Gasteiger partial charge >= 0.3 is 17.9 Å². The second-order valence-electron chi connectivity index (χ2n) is 16.7. The summed E-state index contributed by atoms with van der Waals surface area (Å²) >= 11 is 0. The molecule has 0 bridgehead atoms. The van der Waals surface area contributed by atoms with Gasteiger partial charge in [-0.2, -0.15) is 0 Å². The average Bonchev–Trinajstić information content (AvgIpc) is 3.29. The van der Waals surface area contributed by atoms with Gasteiger partial charge in [0.15, 0.2) is 6.10 Å². The minimum absolute atomic E-state index is 0.114. The van der Waals surface area contributed by atoms with E-state index in [0.717, 1.165) is 109 Å². The lowest BCUT2D eigenvalue weighted by Crippen LogP contribution is -2.30. The topological polar surface area (TPSA) is 78.9 Å². The maximum Gasteiger partial charge on any atom is 0.306 e. The highest BCUT2D eigenvalue weighted by molar-refractivity contribution is 5.71. The second-order valence-corrected chi connectivity index (χ2v) is 16.7. The van der Waals surface area contributed by atoms with Gasteiger partial charge in [-0.1, -0.05) is 201 Å². The molecule has 0 amide bonds. The molecule has 362 valence electrons. The van der Waals surface area contributed by atoms with Crippen LogP contribution in [0.25, 0.3) is 0 Å². The van der Waals surface area contributed by atoms with E-state index in [9.17, 15) is 14.4 Å². The summed E-state index contributed by atoms with van der Waals surface area (Å²) in [7, 11) is 0. The number of carbonyl (C=O) groups excluding carboxylic acids is 3. The van der Waals surface area contributed by atoms with Gasteiger partial charge in [0.2, 0.25) is 0 Å². The van der Waals surface area contributed by atoms with Crippen molar-refractivity contribution in [3.8, 4) is 0 Å². The Morgan fingerprint density at radius 3 is 1.08 bits per heavy atom. The lowest BCUT2D eigenvalue weighted by molar-refractivity contribution is -0.166. The largest absolute Gasteiger partial charge is 0.462 e. The quantitative estimate of drug-likeness (QED) is 0.0262. The first-order chi connectivity index (χ1) is 31.5. The van der Waals surface area contributed by atoms with Gasteiger partial charge in [-0.05, 0) is 109 Å². The van der Waals surface area contributed by atoms with E-state index in [0.29, 0.717) is 19.3 Å². The van der Waals surface area contributed by atoms with Crippen molar-refractivity contribution in [1.82, 2.24) is 0 Å². The van der Waals surface area contributed by atoms with Gasteiger partial charge < -0.3 is 14.2 Å². The summed E-state index contributed by atoms with van der Waals surface area (Å²) in [4.78, 5) is 37.9. The maximum atomic E-state index is 12.8. The van der Waals surface area contributed by atoms with Crippen molar-refractivity contribution in [2.45, 2.75) is 226 Å². The molecule has 0 saturated carbocycles. The number of hydrogen-bond acceptors (Lipinski definition) is 6. The summed E-state index contributed by atoms with van der Waals surface area (Å²) in [6.45, 7) is 6.31. The number of esters is 3. The first-order valence-corrected chi connectivity index (χ1v) is 25.9. The predicted octanol–water partition coefficient (Wildman–Crippen LogP) is 17.1. The maximum absolute atomic E-state index is 12.8. The molecule has 0 N–H and O–H groups in total. The smallest absolute Gasteiger partial charge is 0.306 e. The first kappa shape index (κ1) is 60.1. The fraction of sp³-hybridized carbons (Fsp3) is 0.638. The molecule has 0 spiro atoms. The van der Waals surface area contributed by atoms with Crippen LogP contribution in [0.4, 0.5) is 0 Å². The number of hydrogen-bond donors (Lipinski definition) is 0. The predicted molar refractivity (Wildman–Crippen MR) is 274 cm³/mol. The minimum atomic E-state index is -0.820. The molecule has 0 fully saturated rings. The van der Waals surface area contributed by atoms with Crippen LogP contribution in [0.1, 0.15) is 220 Å². The van der Waals surface area contributed by atoms with E-state index in [1.54, 1.807) is 0 Å². The summed E-state index contributed by atoms with van der Waals surface area (Å²) in [5.74, 6) is -1.03. The molecule has 1 atom stereocenters. The summed E-state index contributed by atoms with van der Waals surface area (Å²) in [6, 6.07) is 0. The molecule has 0 saturated heterocycles. The van der Waals surface area contributed by atoms with Crippen LogP contribution >= 0.6 is 0 Å². The lowest BCUT2D eigenvalue weighted by atomic mass is 10.1. The third-order valence-electron chi connectivity index (χ3n) is 10.5. The Morgan fingerprint density at radius 1 is 0.328 bits per heavy atom. The molecule has 0 aliphatic heterocycles. The Kier molecular flexibility index (Phi) is 48.5. The van der Waals surface area contributed by atoms with Crippen LogP contribution in [-0.2, 0) is 28.6 Å². The normalized spacial score (nSPS) is 13.0. The van der Waals surface area contributed by atoms with Gasteiger partial charge in [0.25, 0.3) is 0 Å². The summed E-state index contributed by atoms with van der Waals surface area (Å²) in [6.07, 6.45) is 69.4. The second kappa shape index (κ2) is 51.7. The fourth-order valence-corrected chi connectivity index (χ4v) is 6.68. The van der Waals surface area contributed by atoms with E-state index in [-0.39, 0.29) is 37.5 Å². The Hall–Kier alpha value is -3.93. The zero-order valence-corrected chi connectivity index (χ0v) is 41.3. The van der Waals surface area contributed by atoms with Crippen LogP contribution in [0.5, 0.6) is 0 Å². The average molecular weight is 887 g/mol. The van der Waals surface area contributed by atoms with Crippen LogP contribution in [0.3, 0.4) is 0 Å². The molecule has 1 unspecified atom stereocenters. The molecule has 64 heavy (non-hydrogen) atoms. The Morgan fingerprint density at radius 2 is 0.641 bits per heavy atom. The van der Waals surface area contributed by atoms with Crippen LogP contribution < -0.4 is 0 Å². The van der Waals surface area contributed by atoms with Crippen molar-refractivity contribution in [1.29, 1.82) is 0 Å². The molecular formula is C58H94O6. The Labute approximate surface area is 393 Å². The highest BCUT2D eigenvalue weighted by Gasteiger charge is 2.19. The van der Waals surface area contributed by atoms with Crippen molar-refractivity contribution < 1.29 is 28.6 Å². The molecule has 0 aliphatic carbocycles. The van der Waals surface area contributed by atoms with Crippen molar-refractivity contribution in [2.24, 2.45) is 0 Å². The first-order valence-electron chi connectivity index (χ1n) is 25.9. The standard InChI is InChI=1S/C58H94O6/c1-4-7-10-13-16-19-22-25-27-28-29-30-31-34-36-39-42-45-48-51-57(60)63-54-55(53-62-56(59)50-47-44-41-38-35-32-24-21-18-15-12-9-6-3)64-58(61)52-49-46-43-40-37-33-26-23-20-17-14-11-8-5-2/h7-8,10-11,16-17,19-20,25,27,29-30,32,34-36,42,45,55H,4-6,9,12-15,18,21-24,26,28,31,33,37-41,43-44,46-54H2,1-3H3/b10-7-,11-8-,19-16-,20-17-,27-25-,30-29-,35-32-,36-34-,45-42-. The van der Waals surface area contributed by atoms with Crippen LogP contribution in [0.2, 0.25) is 0 Å². The number of unbranched alkanes of at least 4 members (excludes halogenated alkanes) is 16. The third-order valence-corrected chi connectivity index (χ3v) is 10.5. The van der Waals surface area contributed by atoms with Crippen molar-refractivity contribution >= 4 is 17.9 Å². The van der Waals surface area contributed by atoms with Gasteiger partial charge in [-0.25, -0.2) is 0 Å². The summed E-state index contributed by atoms with van der Waals surface area (Å²) in [5.41, 5.74) is 0. The fourth-order valence-electron chi connectivity index (χ4n) is 6.68. The monoisotopic (exact) mass is 887 g/mol. The Bertz CT molecular complexity index is 1340. The SMILES string of the molecule is CC/C=C\C/C=C\C/C=C\C/C=C\C/C=C\C/C=C\CCC(=O)OCC(COC(=O)CCCCC/C=C\CCCCCCCC)OC(=O)CCCCCCCCC/C=C\C/C=C\CC. The van der Waals surface area contributed by atoms with Crippen LogP contribution in [0, 0.1) is 0 Å². The summed E-state index contributed by atoms with van der Waals surface area (Å²) < 4.78 is 16.7. The molecule has 0 aromatic carbocycles. The van der Waals surface area contributed by atoms with Crippen LogP contribution in [0.15, 0.2) is 109 Å². The summed E-state index contributed by atoms with van der Waals surface area (Å²) in [5, 5.41) is 0. The highest BCUT2D eigenvalue weighted by Crippen LogP contribution is 2.13. The van der Waals surface area contributed by atoms with Gasteiger partial charge in [0, 0.05) is 19.3 Å². The van der Waals surface area contributed by atoms with E-state index in [2.05, 4.69) is 118 Å². The molecule has 0 aliphatic rings. The van der Waals surface area contributed by atoms with E-state index >= 15 is 0 Å². The number of carbonyl (C=O) groups is 3. The molecule has 0 radical (unpaired) electrons. The van der Waals surface area contributed by atoms with E-state index in [4.69, 9.17) is 14.2 Å². The number of ether oxygens (including phenoxy) is 3. The molecule has 0 heterocycles. The van der Waals surface area contributed by atoms with Crippen molar-refractivity contribution in [3.05, 3.63) is 109 Å². The minimum Gasteiger partial charge on any atom is -0.462 e. The van der Waals surface area contributed by atoms with Gasteiger partial charge in [0.05, 0.1) is 0 Å². The third kappa shape index (κ3) is 49.1. The van der Waals surface area contributed by atoms with Crippen molar-refractivity contribution in [3.63, 3.8) is 0 Å². The van der Waals surface area contributed by atoms with Crippen molar-refractivity contribution in [2.75, 3.05) is 13.2 Å². The van der Waals surface area contributed by atoms with Gasteiger partial charge in [-0.15, -0.1) is 0 Å². The Balaban J connectivity index is 4.53. The van der Waals surface area contributed by atoms with E-state index < -0.39 is 6.10 Å². The van der Waals surface area contributed by atoms with E-state index in [1.807, 2.05) is 12.2 Å². The van der Waals surface area contributed by atoms with Gasteiger partial charge in [0.1, 0.15) is 13.2 Å². The van der Waals surface area contributed by atoms with E-state index in [1.165, 1.54) is 64.2 Å². The molecular weight excluding hydrogens is 793 g/mol. The lowest BCUT2D eigenvalue weighted by Gasteiger charge is -2.18. The molecule has 0 aromatic rings.